The van der Waals surface area contributed by atoms with Crippen LogP contribution in [0.3, 0.4) is 0 Å². The molecule has 73 heavy (non-hydrogen) atoms. The molecule has 9 unspecified atom stereocenters. The van der Waals surface area contributed by atoms with Crippen LogP contribution in [-0.2, 0) is 14.3 Å². The second-order valence-electron chi connectivity index (χ2n) is 22.9. The summed E-state index contributed by atoms with van der Waals surface area (Å²) in [5.74, 6) is -0.688. The largest absolute Gasteiger partial charge is 0.394 e. The molecule has 11 heteroatoms. The minimum Gasteiger partial charge on any atom is -0.394 e. The monoisotopic (exact) mass is 1040 g/mol. The van der Waals surface area contributed by atoms with Crippen molar-refractivity contribution in [2.24, 2.45) is 0 Å². The summed E-state index contributed by atoms with van der Waals surface area (Å²) < 4.78 is 11.2. The van der Waals surface area contributed by atoms with E-state index in [-0.39, 0.29) is 6.42 Å². The Balaban J connectivity index is 2.25. The summed E-state index contributed by atoms with van der Waals surface area (Å²) in [5, 5.41) is 76.4. The lowest BCUT2D eigenvalue weighted by atomic mass is 9.98. The smallest absolute Gasteiger partial charge is 0.249 e. The van der Waals surface area contributed by atoms with Crippen molar-refractivity contribution < 1.29 is 50.0 Å². The molecule has 9 atom stereocenters. The lowest BCUT2D eigenvalue weighted by molar-refractivity contribution is -0.303. The lowest BCUT2D eigenvalue weighted by Gasteiger charge is -2.40. The van der Waals surface area contributed by atoms with Gasteiger partial charge in [0.1, 0.15) is 36.6 Å². The second kappa shape index (κ2) is 51.8. The summed E-state index contributed by atoms with van der Waals surface area (Å²) in [4.78, 5) is 13.2. The van der Waals surface area contributed by atoms with Gasteiger partial charge in [0.15, 0.2) is 6.29 Å². The van der Waals surface area contributed by atoms with Crippen molar-refractivity contribution in [2.75, 3.05) is 13.2 Å². The summed E-state index contributed by atoms with van der Waals surface area (Å²) in [6.07, 6.45) is 48.7. The van der Waals surface area contributed by atoms with Crippen LogP contribution in [0.4, 0.5) is 0 Å². The van der Waals surface area contributed by atoms with E-state index in [0.29, 0.717) is 19.3 Å². The van der Waals surface area contributed by atoms with Crippen LogP contribution >= 0.6 is 0 Å². The van der Waals surface area contributed by atoms with Crippen LogP contribution < -0.4 is 5.32 Å². The number of carbonyl (C=O) groups excluding carboxylic acids is 1. The van der Waals surface area contributed by atoms with E-state index in [1.807, 2.05) is 0 Å². The van der Waals surface area contributed by atoms with Crippen LogP contribution in [0, 0.1) is 0 Å². The van der Waals surface area contributed by atoms with E-state index in [1.54, 1.807) is 0 Å². The molecule has 1 amide bonds. The maximum atomic E-state index is 13.2. The molecule has 0 radical (unpaired) electrons. The van der Waals surface area contributed by atoms with Gasteiger partial charge in [-0.05, 0) is 12.8 Å². The molecule has 0 bridgehead atoms. The first kappa shape index (κ1) is 70.1. The van der Waals surface area contributed by atoms with Gasteiger partial charge in [-0.1, -0.05) is 309 Å². The summed E-state index contributed by atoms with van der Waals surface area (Å²) in [6.45, 7) is 3.52. The second-order valence-corrected chi connectivity index (χ2v) is 22.9. The van der Waals surface area contributed by atoms with Gasteiger partial charge in [-0.3, -0.25) is 4.79 Å². The summed E-state index contributed by atoms with van der Waals surface area (Å²) in [7, 11) is 0. The molecule has 1 heterocycles. The average Bonchev–Trinajstić information content (AvgIpc) is 3.39. The summed E-state index contributed by atoms with van der Waals surface area (Å²) in [6, 6.07) is -1.16. The van der Waals surface area contributed by atoms with Gasteiger partial charge in [0.05, 0.1) is 25.4 Å². The molecule has 11 nitrogen and oxygen atoms in total. The van der Waals surface area contributed by atoms with Gasteiger partial charge in [-0.25, -0.2) is 0 Å². The Morgan fingerprint density at radius 2 is 0.712 bits per heavy atom. The van der Waals surface area contributed by atoms with Crippen molar-refractivity contribution >= 4 is 5.91 Å². The fraction of sp³-hybridized carbons (Fsp3) is 0.984. The molecule has 1 fully saturated rings. The summed E-state index contributed by atoms with van der Waals surface area (Å²) >= 11 is 0. The third-order valence-electron chi connectivity index (χ3n) is 15.9. The molecule has 0 aromatic rings. The molecular weight excluding hydrogens is 919 g/mol. The average molecular weight is 1040 g/mol. The minimum atomic E-state index is -1.66. The molecule has 1 aliphatic rings. The van der Waals surface area contributed by atoms with E-state index in [1.165, 1.54) is 244 Å². The fourth-order valence-corrected chi connectivity index (χ4v) is 10.7. The molecule has 0 aliphatic carbocycles. The highest BCUT2D eigenvalue weighted by molar-refractivity contribution is 5.80. The fourth-order valence-electron chi connectivity index (χ4n) is 10.7. The molecule has 1 rings (SSSR count). The standard InChI is InChI=1S/C62H123NO10/c1-3-5-7-9-11-13-15-17-19-21-23-25-27-28-30-31-33-35-37-39-41-43-45-47-49-54(65)57(67)53(52-72-62-60(70)59(69)58(68)56(51-64)73-62)63-61(71)55(66)50-48-46-44-42-40-38-36-34-32-29-26-24-22-20-18-16-14-12-10-8-6-4-2/h53-60,62,64-70H,3-52H2,1-2H3,(H,63,71). The first-order valence-corrected chi connectivity index (χ1v) is 31.9. The number of unbranched alkanes of at least 4 members (excludes halogenated alkanes) is 44. The number of nitrogens with one attached hydrogen (secondary N) is 1. The van der Waals surface area contributed by atoms with Gasteiger partial charge in [0, 0.05) is 0 Å². The molecule has 0 spiro atoms. The van der Waals surface area contributed by atoms with Crippen molar-refractivity contribution in [3.63, 3.8) is 0 Å². The molecule has 0 aromatic carbocycles. The Hall–Kier alpha value is -0.890. The van der Waals surface area contributed by atoms with Crippen LogP contribution in [0.5, 0.6) is 0 Å². The van der Waals surface area contributed by atoms with Gasteiger partial charge in [-0.15, -0.1) is 0 Å². The van der Waals surface area contributed by atoms with Gasteiger partial charge < -0.3 is 50.5 Å². The van der Waals surface area contributed by atoms with Gasteiger partial charge in [-0.2, -0.15) is 0 Å². The predicted molar refractivity (Wildman–Crippen MR) is 303 cm³/mol. The predicted octanol–water partition coefficient (Wildman–Crippen LogP) is 14.1. The molecule has 8 N–H and O–H groups in total. The highest BCUT2D eigenvalue weighted by atomic mass is 16.7. The van der Waals surface area contributed by atoms with Crippen LogP contribution in [0.2, 0.25) is 0 Å². The van der Waals surface area contributed by atoms with Crippen molar-refractivity contribution in [1.29, 1.82) is 0 Å². The molecule has 436 valence electrons. The number of rotatable bonds is 56. The normalized spacial score (nSPS) is 19.8. The molecule has 1 saturated heterocycles. The number of hydrogen-bond acceptors (Lipinski definition) is 10. The SMILES string of the molecule is CCCCCCCCCCCCCCCCCCCCCCCCCCC(O)C(O)C(COC1OC(CO)C(O)C(O)C1O)NC(=O)C(O)CCCCCCCCCCCCCCCCCCCCCCCC. The van der Waals surface area contributed by atoms with E-state index in [9.17, 15) is 40.5 Å². The van der Waals surface area contributed by atoms with E-state index in [4.69, 9.17) is 9.47 Å². The topological polar surface area (TPSA) is 189 Å². The van der Waals surface area contributed by atoms with E-state index >= 15 is 0 Å². The van der Waals surface area contributed by atoms with Gasteiger partial charge in [0.25, 0.3) is 0 Å². The lowest BCUT2D eigenvalue weighted by Crippen LogP contribution is -2.60. The number of carbonyl (C=O) groups is 1. The Morgan fingerprint density at radius 1 is 0.425 bits per heavy atom. The van der Waals surface area contributed by atoms with Crippen LogP contribution in [0.1, 0.15) is 322 Å². The maximum Gasteiger partial charge on any atom is 0.249 e. The number of aliphatic hydroxyl groups is 7. The van der Waals surface area contributed by atoms with Crippen molar-refractivity contribution in [2.45, 2.75) is 377 Å². The quantitative estimate of drug-likeness (QED) is 0.0272. The van der Waals surface area contributed by atoms with Crippen molar-refractivity contribution in [3.8, 4) is 0 Å². The van der Waals surface area contributed by atoms with Crippen LogP contribution in [0.15, 0.2) is 0 Å². The number of ether oxygens (including phenoxy) is 2. The Kier molecular flexibility index (Phi) is 49.8. The van der Waals surface area contributed by atoms with E-state index in [0.717, 1.165) is 38.5 Å². The third kappa shape index (κ3) is 40.0. The van der Waals surface area contributed by atoms with Gasteiger partial charge in [0.2, 0.25) is 5.91 Å². The van der Waals surface area contributed by atoms with Crippen molar-refractivity contribution in [3.05, 3.63) is 0 Å². The van der Waals surface area contributed by atoms with Crippen LogP contribution in [-0.4, -0.2) is 110 Å². The van der Waals surface area contributed by atoms with Crippen LogP contribution in [0.25, 0.3) is 0 Å². The third-order valence-corrected chi connectivity index (χ3v) is 15.9. The Labute approximate surface area is 449 Å². The zero-order chi connectivity index (χ0) is 53.3. The van der Waals surface area contributed by atoms with E-state index < -0.39 is 74.2 Å². The maximum absolute atomic E-state index is 13.2. The highest BCUT2D eigenvalue weighted by Crippen LogP contribution is 2.24. The first-order valence-electron chi connectivity index (χ1n) is 31.9. The molecule has 1 aliphatic heterocycles. The first-order chi connectivity index (χ1) is 35.7. The number of hydrogen-bond donors (Lipinski definition) is 8. The molecule has 0 saturated carbocycles. The minimum absolute atomic E-state index is 0.267. The Bertz CT molecular complexity index is 1150. The molecular formula is C62H123NO10. The van der Waals surface area contributed by atoms with Gasteiger partial charge >= 0.3 is 0 Å². The molecule has 0 aromatic heterocycles. The zero-order valence-electron chi connectivity index (χ0n) is 47.9. The number of amides is 1. The summed E-state index contributed by atoms with van der Waals surface area (Å²) in [5.41, 5.74) is 0. The number of aliphatic hydroxyl groups excluding tert-OH is 7. The van der Waals surface area contributed by atoms with E-state index in [2.05, 4.69) is 19.2 Å². The van der Waals surface area contributed by atoms with Crippen molar-refractivity contribution in [1.82, 2.24) is 5.32 Å². The zero-order valence-corrected chi connectivity index (χ0v) is 47.9. The highest BCUT2D eigenvalue weighted by Gasteiger charge is 2.44. The Morgan fingerprint density at radius 3 is 1.01 bits per heavy atom.